The van der Waals surface area contributed by atoms with Crippen LogP contribution >= 0.6 is 0 Å². The van der Waals surface area contributed by atoms with E-state index in [1.807, 2.05) is 6.92 Å². The van der Waals surface area contributed by atoms with Gasteiger partial charge in [-0.2, -0.15) is 0 Å². The molecule has 0 fully saturated rings. The summed E-state index contributed by atoms with van der Waals surface area (Å²) in [6, 6.07) is 0. The monoisotopic (exact) mass is 264 g/mol. The molecule has 110 valence electrons. The Labute approximate surface area is 111 Å². The standard InChI is InChI=1S/C13H28O5/c1-3-5-15-8-9-17-12-13-18-11-10-16-7-6-14-4-2/h3-13H2,1-2H3. The van der Waals surface area contributed by atoms with Crippen LogP contribution in [-0.4, -0.2) is 66.1 Å². The van der Waals surface area contributed by atoms with Crippen molar-refractivity contribution in [2.45, 2.75) is 20.3 Å². The zero-order valence-electron chi connectivity index (χ0n) is 11.8. The van der Waals surface area contributed by atoms with E-state index in [0.29, 0.717) is 52.9 Å². The summed E-state index contributed by atoms with van der Waals surface area (Å²) < 4.78 is 26.4. The molecule has 0 aliphatic rings. The second-order valence-corrected chi connectivity index (χ2v) is 3.65. The number of ether oxygens (including phenoxy) is 5. The molecule has 0 radical (unpaired) electrons. The quantitative estimate of drug-likeness (QED) is 0.419. The van der Waals surface area contributed by atoms with Gasteiger partial charge >= 0.3 is 0 Å². The number of hydrogen-bond acceptors (Lipinski definition) is 5. The van der Waals surface area contributed by atoms with Crippen LogP contribution in [0.5, 0.6) is 0 Å². The molecule has 0 aliphatic carbocycles. The molecule has 0 rings (SSSR count). The van der Waals surface area contributed by atoms with E-state index in [4.69, 9.17) is 23.7 Å². The Kier molecular flexibility index (Phi) is 16.6. The minimum absolute atomic E-state index is 0.599. The molecule has 0 aromatic heterocycles. The molecule has 0 aromatic rings. The second-order valence-electron chi connectivity index (χ2n) is 3.65. The molecule has 0 saturated heterocycles. The highest BCUT2D eigenvalue weighted by Crippen LogP contribution is 1.84. The molecule has 18 heavy (non-hydrogen) atoms. The van der Waals surface area contributed by atoms with E-state index in [1.165, 1.54) is 0 Å². The van der Waals surface area contributed by atoms with Crippen LogP contribution in [-0.2, 0) is 23.7 Å². The Hall–Kier alpha value is -0.200. The highest BCUT2D eigenvalue weighted by atomic mass is 16.6. The van der Waals surface area contributed by atoms with Crippen molar-refractivity contribution < 1.29 is 23.7 Å². The first kappa shape index (κ1) is 17.8. The molecule has 0 aromatic carbocycles. The Morgan fingerprint density at radius 1 is 0.444 bits per heavy atom. The van der Waals surface area contributed by atoms with Gasteiger partial charge in [-0.1, -0.05) is 6.92 Å². The molecule has 0 amide bonds. The molecule has 0 heterocycles. The van der Waals surface area contributed by atoms with Gasteiger partial charge in [-0.3, -0.25) is 0 Å². The topological polar surface area (TPSA) is 46.2 Å². The average molecular weight is 264 g/mol. The molecule has 0 spiro atoms. The summed E-state index contributed by atoms with van der Waals surface area (Å²) in [4.78, 5) is 0. The van der Waals surface area contributed by atoms with Crippen LogP contribution in [0.1, 0.15) is 20.3 Å². The lowest BCUT2D eigenvalue weighted by Gasteiger charge is -2.07. The summed E-state index contributed by atoms with van der Waals surface area (Å²) in [5.41, 5.74) is 0. The molecule has 0 aliphatic heterocycles. The van der Waals surface area contributed by atoms with Crippen molar-refractivity contribution in [2.24, 2.45) is 0 Å². The highest BCUT2D eigenvalue weighted by Gasteiger charge is 1.92. The maximum absolute atomic E-state index is 5.34. The van der Waals surface area contributed by atoms with Crippen molar-refractivity contribution >= 4 is 0 Å². The molecule has 5 nitrogen and oxygen atoms in total. The third-order valence-corrected chi connectivity index (χ3v) is 2.04. The molecule has 0 N–H and O–H groups in total. The second kappa shape index (κ2) is 16.8. The number of hydrogen-bond donors (Lipinski definition) is 0. The fourth-order valence-corrected chi connectivity index (χ4v) is 1.17. The summed E-state index contributed by atoms with van der Waals surface area (Å²) in [6.07, 6.45) is 1.05. The first-order valence-corrected chi connectivity index (χ1v) is 6.80. The Bertz CT molecular complexity index is 127. The average Bonchev–Trinajstić information content (AvgIpc) is 2.39. The summed E-state index contributed by atoms with van der Waals surface area (Å²) in [5.74, 6) is 0. The zero-order chi connectivity index (χ0) is 13.3. The van der Waals surface area contributed by atoms with Crippen LogP contribution in [0.25, 0.3) is 0 Å². The molecule has 0 atom stereocenters. The SMILES string of the molecule is CCCOCCOCCOCCOCCOCC. The van der Waals surface area contributed by atoms with Crippen LogP contribution in [0.3, 0.4) is 0 Å². The molecule has 0 unspecified atom stereocenters. The molecular weight excluding hydrogens is 236 g/mol. The Morgan fingerprint density at radius 3 is 1.11 bits per heavy atom. The fourth-order valence-electron chi connectivity index (χ4n) is 1.17. The van der Waals surface area contributed by atoms with E-state index in [0.717, 1.165) is 19.6 Å². The van der Waals surface area contributed by atoms with Gasteiger partial charge in [-0.25, -0.2) is 0 Å². The first-order valence-electron chi connectivity index (χ1n) is 6.80. The van der Waals surface area contributed by atoms with Gasteiger partial charge in [0.05, 0.1) is 52.9 Å². The normalized spacial score (nSPS) is 11.0. The lowest BCUT2D eigenvalue weighted by Crippen LogP contribution is -2.13. The smallest absolute Gasteiger partial charge is 0.0701 e. The van der Waals surface area contributed by atoms with E-state index in [2.05, 4.69) is 6.92 Å². The highest BCUT2D eigenvalue weighted by molar-refractivity contribution is 4.35. The lowest BCUT2D eigenvalue weighted by atomic mass is 10.5. The van der Waals surface area contributed by atoms with Crippen molar-refractivity contribution in [1.29, 1.82) is 0 Å². The molecule has 5 heteroatoms. The van der Waals surface area contributed by atoms with Gasteiger partial charge in [0.2, 0.25) is 0 Å². The van der Waals surface area contributed by atoms with Crippen molar-refractivity contribution in [3.05, 3.63) is 0 Å². The van der Waals surface area contributed by atoms with E-state index in [1.54, 1.807) is 0 Å². The van der Waals surface area contributed by atoms with Crippen molar-refractivity contribution in [1.82, 2.24) is 0 Å². The van der Waals surface area contributed by atoms with E-state index in [9.17, 15) is 0 Å². The van der Waals surface area contributed by atoms with Gasteiger partial charge in [-0.05, 0) is 13.3 Å². The summed E-state index contributed by atoms with van der Waals surface area (Å²) >= 11 is 0. The fraction of sp³-hybridized carbons (Fsp3) is 1.00. The third kappa shape index (κ3) is 15.8. The predicted octanol–water partition coefficient (Wildman–Crippen LogP) is 1.50. The Balaban J connectivity index is 2.86. The van der Waals surface area contributed by atoms with Crippen LogP contribution in [0.15, 0.2) is 0 Å². The van der Waals surface area contributed by atoms with Crippen molar-refractivity contribution in [2.75, 3.05) is 66.1 Å². The molecule has 0 saturated carbocycles. The first-order chi connectivity index (χ1) is 8.91. The summed E-state index contributed by atoms with van der Waals surface area (Å²) in [7, 11) is 0. The Morgan fingerprint density at radius 2 is 0.778 bits per heavy atom. The molecular formula is C13H28O5. The van der Waals surface area contributed by atoms with Gasteiger partial charge in [0, 0.05) is 13.2 Å². The summed E-state index contributed by atoms with van der Waals surface area (Å²) in [5, 5.41) is 0. The van der Waals surface area contributed by atoms with Crippen LogP contribution < -0.4 is 0 Å². The predicted molar refractivity (Wildman–Crippen MR) is 70.1 cm³/mol. The maximum Gasteiger partial charge on any atom is 0.0701 e. The van der Waals surface area contributed by atoms with Crippen LogP contribution in [0.2, 0.25) is 0 Å². The third-order valence-electron chi connectivity index (χ3n) is 2.04. The van der Waals surface area contributed by atoms with Gasteiger partial charge in [0.1, 0.15) is 0 Å². The zero-order valence-corrected chi connectivity index (χ0v) is 11.8. The van der Waals surface area contributed by atoms with E-state index >= 15 is 0 Å². The summed E-state index contributed by atoms with van der Waals surface area (Å²) in [6.45, 7) is 10.6. The maximum atomic E-state index is 5.34. The van der Waals surface area contributed by atoms with Gasteiger partial charge in [-0.15, -0.1) is 0 Å². The number of rotatable bonds is 15. The van der Waals surface area contributed by atoms with Crippen molar-refractivity contribution in [3.8, 4) is 0 Å². The van der Waals surface area contributed by atoms with Crippen LogP contribution in [0, 0.1) is 0 Å². The van der Waals surface area contributed by atoms with Gasteiger partial charge in [0.15, 0.2) is 0 Å². The van der Waals surface area contributed by atoms with Gasteiger partial charge < -0.3 is 23.7 Å². The largest absolute Gasteiger partial charge is 0.379 e. The lowest BCUT2D eigenvalue weighted by molar-refractivity contribution is -0.0101. The van der Waals surface area contributed by atoms with E-state index in [-0.39, 0.29) is 0 Å². The molecule has 0 bridgehead atoms. The van der Waals surface area contributed by atoms with E-state index < -0.39 is 0 Å². The minimum Gasteiger partial charge on any atom is -0.379 e. The van der Waals surface area contributed by atoms with Crippen molar-refractivity contribution in [3.63, 3.8) is 0 Å². The van der Waals surface area contributed by atoms with Gasteiger partial charge in [0.25, 0.3) is 0 Å². The van der Waals surface area contributed by atoms with Crippen LogP contribution in [0.4, 0.5) is 0 Å². The minimum atomic E-state index is 0.599.